The molecule has 0 N–H and O–H groups in total. The molecule has 3 aromatic carbocycles. The quantitative estimate of drug-likeness (QED) is 0.670. The van der Waals surface area contributed by atoms with Crippen LogP contribution < -0.4 is 15.9 Å². The first-order valence-corrected chi connectivity index (χ1v) is 10.8. The number of hydrogen-bond acceptors (Lipinski definition) is 2. The summed E-state index contributed by atoms with van der Waals surface area (Å²) < 4.78 is 11.7. The lowest BCUT2D eigenvalue weighted by molar-refractivity contribution is -0.0433. The van der Waals surface area contributed by atoms with Crippen molar-refractivity contribution in [2.45, 2.75) is 6.29 Å². The summed E-state index contributed by atoms with van der Waals surface area (Å²) >= 11 is 0. The Morgan fingerprint density at radius 1 is 0.680 bits per heavy atom. The molecule has 0 spiro atoms. The lowest BCUT2D eigenvalue weighted by atomic mass is 10.2. The van der Waals surface area contributed by atoms with Crippen LogP contribution in [-0.2, 0) is 9.47 Å². The summed E-state index contributed by atoms with van der Waals surface area (Å²) in [6.07, 6.45) is -0.261. The van der Waals surface area contributed by atoms with Gasteiger partial charge in [0.1, 0.15) is 23.2 Å². The Morgan fingerprint density at radius 3 is 1.72 bits per heavy atom. The predicted molar refractivity (Wildman–Crippen MR) is 106 cm³/mol. The van der Waals surface area contributed by atoms with Crippen LogP contribution in [0.3, 0.4) is 0 Å². The topological polar surface area (TPSA) is 18.5 Å². The molecule has 1 aliphatic rings. The second-order valence-electron chi connectivity index (χ2n) is 6.31. The van der Waals surface area contributed by atoms with Crippen molar-refractivity contribution in [3.05, 3.63) is 90.5 Å². The van der Waals surface area contributed by atoms with Gasteiger partial charge in [-0.05, 0) is 36.4 Å². The summed E-state index contributed by atoms with van der Waals surface area (Å²) in [6.45, 7) is 3.71. The maximum absolute atomic E-state index is 5.84. The van der Waals surface area contributed by atoms with E-state index in [0.717, 1.165) is 5.56 Å². The molecule has 25 heavy (non-hydrogen) atoms. The molecule has 2 nitrogen and oxygen atoms in total. The molecule has 4 rings (SSSR count). The average molecular weight is 349 g/mol. The van der Waals surface area contributed by atoms with Gasteiger partial charge in [-0.15, -0.1) is 0 Å². The highest BCUT2D eigenvalue weighted by Crippen LogP contribution is 2.53. The first-order chi connectivity index (χ1) is 12.3. The maximum Gasteiger partial charge on any atom is 0.187 e. The van der Waals surface area contributed by atoms with Crippen LogP contribution in [0, 0.1) is 0 Å². The molecule has 1 fully saturated rings. The van der Waals surface area contributed by atoms with Crippen molar-refractivity contribution in [2.24, 2.45) is 0 Å². The fraction of sp³-hybridized carbons (Fsp3) is 0.182. The molecule has 0 saturated carbocycles. The van der Waals surface area contributed by atoms with Gasteiger partial charge >= 0.3 is 0 Å². The first-order valence-electron chi connectivity index (χ1n) is 8.60. The highest BCUT2D eigenvalue weighted by atomic mass is 31.2. The Morgan fingerprint density at radius 2 is 1.16 bits per heavy atom. The minimum atomic E-state index is -1.78. The van der Waals surface area contributed by atoms with Gasteiger partial charge in [0, 0.05) is 0 Å². The molecule has 0 aliphatic carbocycles. The van der Waals surface area contributed by atoms with Gasteiger partial charge < -0.3 is 9.47 Å². The Hall–Kier alpha value is -1.99. The second kappa shape index (κ2) is 7.09. The lowest BCUT2D eigenvalue weighted by Gasteiger charge is -2.26. The number of hydrogen-bond donors (Lipinski definition) is 0. The molecule has 3 aromatic rings. The summed E-state index contributed by atoms with van der Waals surface area (Å²) in [6, 6.07) is 30.2. The molecule has 0 bridgehead atoms. The zero-order valence-corrected chi connectivity index (χ0v) is 15.2. The predicted octanol–water partition coefficient (Wildman–Crippen LogP) is 3.66. The summed E-state index contributed by atoms with van der Waals surface area (Å²) in [4.78, 5) is 0. The highest BCUT2D eigenvalue weighted by molar-refractivity contribution is 7.95. The van der Waals surface area contributed by atoms with Crippen molar-refractivity contribution in [3.63, 3.8) is 0 Å². The first kappa shape index (κ1) is 16.5. The Balaban J connectivity index is 1.94. The average Bonchev–Trinajstić information content (AvgIpc) is 3.23. The van der Waals surface area contributed by atoms with Crippen molar-refractivity contribution >= 4 is 23.2 Å². The van der Waals surface area contributed by atoms with Crippen LogP contribution in [0.4, 0.5) is 0 Å². The van der Waals surface area contributed by atoms with E-state index in [1.165, 1.54) is 15.9 Å². The minimum absolute atomic E-state index is 0.261. The normalized spacial score (nSPS) is 15.4. The Bertz CT molecular complexity index is 787. The van der Waals surface area contributed by atoms with E-state index < -0.39 is 7.26 Å². The van der Waals surface area contributed by atoms with Crippen molar-refractivity contribution in [3.8, 4) is 0 Å². The van der Waals surface area contributed by atoms with Gasteiger partial charge in [0.2, 0.25) is 0 Å². The van der Waals surface area contributed by atoms with Crippen LogP contribution in [0.25, 0.3) is 0 Å². The third kappa shape index (κ3) is 3.02. The van der Waals surface area contributed by atoms with E-state index >= 15 is 0 Å². The third-order valence-corrected chi connectivity index (χ3v) is 8.87. The summed E-state index contributed by atoms with van der Waals surface area (Å²) in [5, 5.41) is 4.07. The highest BCUT2D eigenvalue weighted by Gasteiger charge is 2.43. The standard InChI is InChI=1S/C22H22O2P/c1-25(18-10-4-2-5-11-18,19-12-6-3-7-13-19)21-15-9-8-14-20(21)22-23-16-17-24-22/h2-15,22H,16-17H2,1H3/q+1. The van der Waals surface area contributed by atoms with E-state index in [1.54, 1.807) is 0 Å². The van der Waals surface area contributed by atoms with E-state index in [9.17, 15) is 0 Å². The van der Waals surface area contributed by atoms with Gasteiger partial charge in [-0.1, -0.05) is 48.5 Å². The van der Waals surface area contributed by atoms with Gasteiger partial charge in [-0.3, -0.25) is 0 Å². The van der Waals surface area contributed by atoms with Crippen LogP contribution in [0.1, 0.15) is 11.9 Å². The van der Waals surface area contributed by atoms with E-state index in [4.69, 9.17) is 9.47 Å². The van der Waals surface area contributed by atoms with Crippen molar-refractivity contribution in [1.82, 2.24) is 0 Å². The molecule has 0 atom stereocenters. The van der Waals surface area contributed by atoms with Crippen molar-refractivity contribution in [2.75, 3.05) is 19.9 Å². The SMILES string of the molecule is C[P+](c1ccccc1)(c1ccccc1)c1ccccc1C1OCCO1. The Kier molecular flexibility index (Phi) is 4.67. The molecular formula is C22H22O2P+. The van der Waals surface area contributed by atoms with Gasteiger partial charge in [0.05, 0.1) is 25.4 Å². The molecule has 126 valence electrons. The Labute approximate surface area is 149 Å². The van der Waals surface area contributed by atoms with Crippen LogP contribution in [0.2, 0.25) is 0 Å². The fourth-order valence-corrected chi connectivity index (χ4v) is 6.98. The molecule has 1 aliphatic heterocycles. The fourth-order valence-electron chi connectivity index (χ4n) is 3.51. The van der Waals surface area contributed by atoms with E-state index in [2.05, 4.69) is 91.6 Å². The molecule has 0 amide bonds. The molecule has 0 unspecified atom stereocenters. The van der Waals surface area contributed by atoms with E-state index in [0.29, 0.717) is 13.2 Å². The van der Waals surface area contributed by atoms with Gasteiger partial charge in [0.25, 0.3) is 0 Å². The van der Waals surface area contributed by atoms with Crippen molar-refractivity contribution in [1.29, 1.82) is 0 Å². The van der Waals surface area contributed by atoms with E-state index in [1.807, 2.05) is 0 Å². The zero-order valence-electron chi connectivity index (χ0n) is 14.3. The van der Waals surface area contributed by atoms with Crippen molar-refractivity contribution < 1.29 is 9.47 Å². The largest absolute Gasteiger partial charge is 0.346 e. The molecule has 1 heterocycles. The van der Waals surface area contributed by atoms with Crippen LogP contribution in [0.5, 0.6) is 0 Å². The number of benzene rings is 3. The van der Waals surface area contributed by atoms with E-state index in [-0.39, 0.29) is 6.29 Å². The summed E-state index contributed by atoms with van der Waals surface area (Å²) in [5.74, 6) is 0. The third-order valence-electron chi connectivity index (χ3n) is 4.84. The molecule has 0 aromatic heterocycles. The minimum Gasteiger partial charge on any atom is -0.346 e. The van der Waals surface area contributed by atoms with Crippen LogP contribution >= 0.6 is 7.26 Å². The maximum atomic E-state index is 5.84. The summed E-state index contributed by atoms with van der Waals surface area (Å²) in [5.41, 5.74) is 1.16. The molecular weight excluding hydrogens is 327 g/mol. The molecule has 0 radical (unpaired) electrons. The number of ether oxygens (including phenoxy) is 2. The smallest absolute Gasteiger partial charge is 0.187 e. The van der Waals surface area contributed by atoms with Crippen LogP contribution in [0.15, 0.2) is 84.9 Å². The van der Waals surface area contributed by atoms with Gasteiger partial charge in [-0.2, -0.15) is 0 Å². The second-order valence-corrected chi connectivity index (χ2v) is 9.84. The van der Waals surface area contributed by atoms with Gasteiger partial charge in [0.15, 0.2) is 6.29 Å². The van der Waals surface area contributed by atoms with Crippen LogP contribution in [-0.4, -0.2) is 19.9 Å². The number of rotatable bonds is 4. The lowest BCUT2D eigenvalue weighted by Crippen LogP contribution is -2.33. The van der Waals surface area contributed by atoms with Gasteiger partial charge in [-0.25, -0.2) is 0 Å². The molecule has 1 saturated heterocycles. The summed E-state index contributed by atoms with van der Waals surface area (Å²) in [7, 11) is -1.78. The molecule has 3 heteroatoms. The monoisotopic (exact) mass is 349 g/mol. The zero-order chi connectivity index (χ0) is 17.1.